The summed E-state index contributed by atoms with van der Waals surface area (Å²) in [7, 11) is 0. The van der Waals surface area contributed by atoms with Gasteiger partial charge in [-0.1, -0.05) is 12.1 Å². The highest BCUT2D eigenvalue weighted by molar-refractivity contribution is 9.10. The molecule has 0 aliphatic heterocycles. The average Bonchev–Trinajstić information content (AvgIpc) is 2.72. The lowest BCUT2D eigenvalue weighted by Crippen LogP contribution is -2.17. The summed E-state index contributed by atoms with van der Waals surface area (Å²) in [5.41, 5.74) is 0.963. The molecule has 0 saturated heterocycles. The Labute approximate surface area is 113 Å². The highest BCUT2D eigenvalue weighted by Crippen LogP contribution is 2.28. The zero-order chi connectivity index (χ0) is 12.3. The molecule has 1 aromatic heterocycles. The molecule has 1 nitrogen and oxygen atoms in total. The van der Waals surface area contributed by atoms with E-state index in [9.17, 15) is 4.39 Å². The maximum Gasteiger partial charge on any atom is 0.123 e. The lowest BCUT2D eigenvalue weighted by Gasteiger charge is -2.13. The third kappa shape index (κ3) is 3.37. The van der Waals surface area contributed by atoms with Crippen LogP contribution in [0.2, 0.25) is 0 Å². The average molecular weight is 314 g/mol. The van der Waals surface area contributed by atoms with E-state index in [1.165, 1.54) is 10.9 Å². The molecule has 4 heteroatoms. The molecule has 0 amide bonds. The van der Waals surface area contributed by atoms with E-state index in [1.807, 2.05) is 12.1 Å². The van der Waals surface area contributed by atoms with Gasteiger partial charge in [-0.05, 0) is 52.0 Å². The Balaban J connectivity index is 1.97. The van der Waals surface area contributed by atoms with Gasteiger partial charge in [-0.2, -0.15) is 0 Å². The quantitative estimate of drug-likeness (QED) is 0.876. The van der Waals surface area contributed by atoms with Gasteiger partial charge in [-0.3, -0.25) is 0 Å². The summed E-state index contributed by atoms with van der Waals surface area (Å²) in [6, 6.07) is 8.98. The minimum absolute atomic E-state index is 0.186. The zero-order valence-electron chi connectivity index (χ0n) is 9.41. The number of hydrogen-bond acceptors (Lipinski definition) is 2. The third-order valence-electron chi connectivity index (χ3n) is 2.54. The summed E-state index contributed by atoms with van der Waals surface area (Å²) in [6.07, 6.45) is 0. The van der Waals surface area contributed by atoms with E-state index in [0.29, 0.717) is 6.54 Å². The summed E-state index contributed by atoms with van der Waals surface area (Å²) in [6.45, 7) is 2.78. The van der Waals surface area contributed by atoms with E-state index < -0.39 is 0 Å². The summed E-state index contributed by atoms with van der Waals surface area (Å²) >= 11 is 5.23. The molecule has 0 radical (unpaired) electrons. The van der Waals surface area contributed by atoms with E-state index in [2.05, 4.69) is 33.6 Å². The Morgan fingerprint density at radius 2 is 2.24 bits per heavy atom. The largest absolute Gasteiger partial charge is 0.305 e. The number of hydrogen-bond donors (Lipinski definition) is 1. The van der Waals surface area contributed by atoms with Crippen molar-refractivity contribution in [2.45, 2.75) is 19.5 Å². The van der Waals surface area contributed by atoms with E-state index in [-0.39, 0.29) is 11.9 Å². The van der Waals surface area contributed by atoms with Gasteiger partial charge in [0.25, 0.3) is 0 Å². The minimum Gasteiger partial charge on any atom is -0.305 e. The van der Waals surface area contributed by atoms with Gasteiger partial charge in [0.15, 0.2) is 0 Å². The summed E-state index contributed by atoms with van der Waals surface area (Å²) < 4.78 is 14.1. The zero-order valence-corrected chi connectivity index (χ0v) is 11.8. The second kappa shape index (κ2) is 5.76. The van der Waals surface area contributed by atoms with Crippen LogP contribution in [0.15, 0.2) is 40.2 Å². The van der Waals surface area contributed by atoms with Crippen LogP contribution in [0, 0.1) is 5.82 Å². The summed E-state index contributed by atoms with van der Waals surface area (Å²) in [5, 5.41) is 5.44. The fourth-order valence-corrected chi connectivity index (χ4v) is 3.37. The molecule has 0 saturated carbocycles. The van der Waals surface area contributed by atoms with Gasteiger partial charge in [0.1, 0.15) is 5.82 Å². The first-order valence-electron chi connectivity index (χ1n) is 5.37. The Morgan fingerprint density at radius 1 is 1.41 bits per heavy atom. The molecule has 1 unspecified atom stereocenters. The van der Waals surface area contributed by atoms with Crippen LogP contribution in [0.4, 0.5) is 4.39 Å². The van der Waals surface area contributed by atoms with Crippen molar-refractivity contribution in [1.29, 1.82) is 0 Å². The monoisotopic (exact) mass is 313 g/mol. The smallest absolute Gasteiger partial charge is 0.123 e. The Hall–Kier alpha value is -0.710. The molecule has 1 heterocycles. The second-order valence-corrected chi connectivity index (χ2v) is 5.67. The van der Waals surface area contributed by atoms with Crippen molar-refractivity contribution in [2.24, 2.45) is 0 Å². The molecule has 17 heavy (non-hydrogen) atoms. The summed E-state index contributed by atoms with van der Waals surface area (Å²) in [4.78, 5) is 1.27. The van der Waals surface area contributed by atoms with E-state index in [0.717, 1.165) is 10.0 Å². The highest BCUT2D eigenvalue weighted by atomic mass is 79.9. The van der Waals surface area contributed by atoms with Crippen molar-refractivity contribution in [3.63, 3.8) is 0 Å². The number of rotatable bonds is 4. The molecule has 2 rings (SSSR count). The van der Waals surface area contributed by atoms with E-state index in [4.69, 9.17) is 0 Å². The van der Waals surface area contributed by atoms with Crippen molar-refractivity contribution in [3.05, 3.63) is 56.4 Å². The first kappa shape index (κ1) is 12.7. The molecule has 0 fully saturated rings. The molecule has 0 aliphatic carbocycles. The van der Waals surface area contributed by atoms with Crippen molar-refractivity contribution in [2.75, 3.05) is 0 Å². The molecule has 1 atom stereocenters. The van der Waals surface area contributed by atoms with Gasteiger partial charge in [0.2, 0.25) is 0 Å². The van der Waals surface area contributed by atoms with Crippen molar-refractivity contribution in [1.82, 2.24) is 5.32 Å². The van der Waals surface area contributed by atoms with Gasteiger partial charge >= 0.3 is 0 Å². The van der Waals surface area contributed by atoms with Crippen LogP contribution in [0.25, 0.3) is 0 Å². The normalized spacial score (nSPS) is 12.6. The molecule has 0 bridgehead atoms. The van der Waals surface area contributed by atoms with Gasteiger partial charge in [-0.15, -0.1) is 11.3 Å². The van der Waals surface area contributed by atoms with Gasteiger partial charge in [0, 0.05) is 21.9 Å². The van der Waals surface area contributed by atoms with Gasteiger partial charge < -0.3 is 5.32 Å². The lowest BCUT2D eigenvalue weighted by atomic mass is 10.2. The number of nitrogens with one attached hydrogen (secondary N) is 1. The molecule has 1 aromatic carbocycles. The molecule has 90 valence electrons. The SMILES string of the molecule is CC(NCc1cccc(F)c1)c1sccc1Br. The maximum absolute atomic E-state index is 13.0. The predicted octanol–water partition coefficient (Wildman–Crippen LogP) is 4.50. The van der Waals surface area contributed by atoms with Crippen molar-refractivity contribution >= 4 is 27.3 Å². The molecular formula is C13H13BrFNS. The van der Waals surface area contributed by atoms with Crippen LogP contribution in [0.5, 0.6) is 0 Å². The highest BCUT2D eigenvalue weighted by Gasteiger charge is 2.10. The van der Waals surface area contributed by atoms with Crippen LogP contribution in [-0.4, -0.2) is 0 Å². The fraction of sp³-hybridized carbons (Fsp3) is 0.231. The van der Waals surface area contributed by atoms with Crippen LogP contribution in [0.1, 0.15) is 23.4 Å². The standard InChI is InChI=1S/C13H13BrFNS/c1-9(13-12(14)5-6-17-13)16-8-10-3-2-4-11(15)7-10/h2-7,9,16H,8H2,1H3. The molecular weight excluding hydrogens is 301 g/mol. The predicted molar refractivity (Wildman–Crippen MR) is 73.7 cm³/mol. The number of halogens is 2. The first-order chi connectivity index (χ1) is 8.16. The van der Waals surface area contributed by atoms with Crippen LogP contribution in [0.3, 0.4) is 0 Å². The van der Waals surface area contributed by atoms with Crippen LogP contribution in [-0.2, 0) is 6.54 Å². The van der Waals surface area contributed by atoms with Gasteiger partial charge in [0.05, 0.1) is 0 Å². The topological polar surface area (TPSA) is 12.0 Å². The fourth-order valence-electron chi connectivity index (χ4n) is 1.62. The van der Waals surface area contributed by atoms with E-state index >= 15 is 0 Å². The second-order valence-electron chi connectivity index (χ2n) is 3.87. The summed E-state index contributed by atoms with van der Waals surface area (Å²) in [5.74, 6) is -0.186. The third-order valence-corrected chi connectivity index (χ3v) is 4.59. The Morgan fingerprint density at radius 3 is 2.88 bits per heavy atom. The van der Waals surface area contributed by atoms with E-state index in [1.54, 1.807) is 23.5 Å². The maximum atomic E-state index is 13.0. The Bertz CT molecular complexity index is 498. The van der Waals surface area contributed by atoms with Crippen molar-refractivity contribution in [3.8, 4) is 0 Å². The molecule has 0 aliphatic rings. The van der Waals surface area contributed by atoms with Crippen LogP contribution >= 0.6 is 27.3 Å². The molecule has 0 spiro atoms. The number of benzene rings is 1. The molecule has 1 N–H and O–H groups in total. The lowest BCUT2D eigenvalue weighted by molar-refractivity contribution is 0.575. The Kier molecular flexibility index (Phi) is 4.31. The molecule has 2 aromatic rings. The first-order valence-corrected chi connectivity index (χ1v) is 7.05. The number of thiophene rings is 1. The van der Waals surface area contributed by atoms with Crippen LogP contribution < -0.4 is 5.32 Å². The van der Waals surface area contributed by atoms with Crippen molar-refractivity contribution < 1.29 is 4.39 Å². The van der Waals surface area contributed by atoms with Gasteiger partial charge in [-0.25, -0.2) is 4.39 Å². The minimum atomic E-state index is -0.186.